The Morgan fingerprint density at radius 2 is 1.69 bits per heavy atom. The Labute approximate surface area is 213 Å². The summed E-state index contributed by atoms with van der Waals surface area (Å²) in [6, 6.07) is 19.4. The van der Waals surface area contributed by atoms with Gasteiger partial charge < -0.3 is 4.74 Å². The molecule has 1 aliphatic heterocycles. The van der Waals surface area contributed by atoms with Crippen LogP contribution < -0.4 is 4.90 Å². The van der Waals surface area contributed by atoms with Crippen LogP contribution in [-0.4, -0.2) is 35.9 Å². The van der Waals surface area contributed by atoms with Crippen molar-refractivity contribution in [3.63, 3.8) is 0 Å². The molecule has 0 bridgehead atoms. The van der Waals surface area contributed by atoms with Gasteiger partial charge in [0, 0.05) is 12.7 Å². The predicted octanol–water partition coefficient (Wildman–Crippen LogP) is 6.38. The van der Waals surface area contributed by atoms with Gasteiger partial charge in [-0.25, -0.2) is 23.1 Å². The van der Waals surface area contributed by atoms with Crippen LogP contribution in [0.5, 0.6) is 0 Å². The lowest BCUT2D eigenvalue weighted by molar-refractivity contribution is 0.0598. The number of hydrogen-bond acceptors (Lipinski definition) is 5. The molecule has 7 nitrogen and oxygen atoms in total. The first-order chi connectivity index (χ1) is 17.1. The fourth-order valence-electron chi connectivity index (χ4n) is 4.31. The molecule has 0 aliphatic carbocycles. The molecule has 1 fully saturated rings. The highest BCUT2D eigenvalue weighted by molar-refractivity contribution is 7.89. The van der Waals surface area contributed by atoms with Gasteiger partial charge in [-0.1, -0.05) is 48.4 Å². The second kappa shape index (κ2) is 10.4. The van der Waals surface area contributed by atoms with Crippen molar-refractivity contribution in [2.45, 2.75) is 63.5 Å². The lowest BCUT2D eigenvalue weighted by Crippen LogP contribution is -2.38. The van der Waals surface area contributed by atoms with E-state index in [1.54, 1.807) is 28.7 Å². The van der Waals surface area contributed by atoms with Crippen molar-refractivity contribution in [3.8, 4) is 0 Å². The highest BCUT2D eigenvalue weighted by Gasteiger charge is 2.35. The summed E-state index contributed by atoms with van der Waals surface area (Å²) in [5.41, 5.74) is 1.77. The lowest BCUT2D eigenvalue weighted by atomic mass is 9.99. The maximum absolute atomic E-state index is 13.5. The summed E-state index contributed by atoms with van der Waals surface area (Å²) in [7, 11) is -3.66. The first kappa shape index (κ1) is 25.9. The van der Waals surface area contributed by atoms with E-state index in [2.05, 4.69) is 4.98 Å². The molecule has 0 spiro atoms. The molecule has 8 heteroatoms. The number of anilines is 2. The van der Waals surface area contributed by atoms with Crippen LogP contribution in [0, 0.1) is 6.92 Å². The maximum atomic E-state index is 13.5. The van der Waals surface area contributed by atoms with Gasteiger partial charge in [-0.3, -0.25) is 0 Å². The number of pyridine rings is 1. The smallest absolute Gasteiger partial charge is 0.420 e. The van der Waals surface area contributed by atoms with Crippen molar-refractivity contribution in [3.05, 3.63) is 84.1 Å². The van der Waals surface area contributed by atoms with Crippen LogP contribution in [0.15, 0.2) is 77.8 Å². The Bertz CT molecular complexity index is 1290. The van der Waals surface area contributed by atoms with E-state index in [-0.39, 0.29) is 6.04 Å². The van der Waals surface area contributed by atoms with Gasteiger partial charge in [-0.2, -0.15) is 4.31 Å². The van der Waals surface area contributed by atoms with Crippen LogP contribution in [0.2, 0.25) is 0 Å². The van der Waals surface area contributed by atoms with E-state index in [0.717, 1.165) is 24.0 Å². The normalized spacial score (nSPS) is 16.9. The molecule has 1 aromatic heterocycles. The molecule has 0 radical (unpaired) electrons. The summed E-state index contributed by atoms with van der Waals surface area (Å²) in [6.07, 6.45) is 3.59. The van der Waals surface area contributed by atoms with Gasteiger partial charge >= 0.3 is 6.09 Å². The van der Waals surface area contributed by atoms with Crippen LogP contribution in [0.4, 0.5) is 16.3 Å². The second-order valence-electron chi connectivity index (χ2n) is 10.0. The van der Waals surface area contributed by atoms with Crippen molar-refractivity contribution in [1.82, 2.24) is 9.29 Å². The van der Waals surface area contributed by atoms with Crippen molar-refractivity contribution in [2.24, 2.45) is 0 Å². The van der Waals surface area contributed by atoms with Crippen LogP contribution in [-0.2, 0) is 14.8 Å². The number of carbonyl (C=O) groups excluding carboxylic acids is 1. The van der Waals surface area contributed by atoms with Crippen LogP contribution in [0.1, 0.15) is 57.2 Å². The van der Waals surface area contributed by atoms with Gasteiger partial charge in [-0.05, 0) is 76.4 Å². The third-order valence-electron chi connectivity index (χ3n) is 6.06. The summed E-state index contributed by atoms with van der Waals surface area (Å²) < 4.78 is 34.2. The number of hydrogen-bond donors (Lipinski definition) is 0. The molecule has 1 amide bonds. The van der Waals surface area contributed by atoms with E-state index < -0.39 is 21.7 Å². The molecule has 1 atom stereocenters. The number of piperidine rings is 1. The zero-order valence-electron chi connectivity index (χ0n) is 21.2. The standard InChI is InChI=1S/C28H33N3O4S/c1-21-13-16-24(17-14-21)36(33,34)30-19-9-8-12-25(30)22-15-18-26(29-20-22)31(23-10-6-5-7-11-23)27(32)35-28(2,3)4/h5-7,10-11,13-18,20,25H,8-9,12,19H2,1-4H3/t25-/m1/s1. The SMILES string of the molecule is Cc1ccc(S(=O)(=O)N2CCCC[C@@H]2c2ccc(N(C(=O)OC(C)(C)C)c3ccccc3)nc2)cc1. The summed E-state index contributed by atoms with van der Waals surface area (Å²) in [5, 5.41) is 0. The number of para-hydroxylation sites is 1. The Kier molecular flexibility index (Phi) is 7.47. The Morgan fingerprint density at radius 1 is 1.00 bits per heavy atom. The number of carbonyl (C=O) groups is 1. The molecule has 1 aliphatic rings. The average molecular weight is 508 g/mol. The number of amides is 1. The van der Waals surface area contributed by atoms with Crippen LogP contribution >= 0.6 is 0 Å². The molecular formula is C28H33N3O4S. The van der Waals surface area contributed by atoms with Gasteiger partial charge in [0.05, 0.1) is 16.6 Å². The largest absolute Gasteiger partial charge is 0.443 e. The van der Waals surface area contributed by atoms with Crippen molar-refractivity contribution in [1.29, 1.82) is 0 Å². The number of benzene rings is 2. The molecule has 190 valence electrons. The molecule has 4 rings (SSSR count). The summed E-state index contributed by atoms with van der Waals surface area (Å²) in [4.78, 5) is 19.4. The van der Waals surface area contributed by atoms with Gasteiger partial charge in [-0.15, -0.1) is 0 Å². The number of rotatable bonds is 5. The topological polar surface area (TPSA) is 79.8 Å². The van der Waals surface area contributed by atoms with Gasteiger partial charge in [0.1, 0.15) is 11.4 Å². The van der Waals surface area contributed by atoms with Gasteiger partial charge in [0.2, 0.25) is 10.0 Å². The molecule has 2 aromatic carbocycles. The number of sulfonamides is 1. The Morgan fingerprint density at radius 3 is 2.31 bits per heavy atom. The zero-order valence-corrected chi connectivity index (χ0v) is 22.0. The minimum absolute atomic E-state index is 0.296. The van der Waals surface area contributed by atoms with Crippen LogP contribution in [0.3, 0.4) is 0 Å². The number of nitrogens with zero attached hydrogens (tertiary/aromatic N) is 3. The molecule has 0 unspecified atom stereocenters. The lowest BCUT2D eigenvalue weighted by Gasteiger charge is -2.35. The number of aromatic nitrogens is 1. The third kappa shape index (κ3) is 5.77. The fourth-order valence-corrected chi connectivity index (χ4v) is 6.00. The molecule has 0 N–H and O–H groups in total. The number of ether oxygens (including phenoxy) is 1. The van der Waals surface area contributed by atoms with Gasteiger partial charge in [0.15, 0.2) is 0 Å². The molecular weight excluding hydrogens is 474 g/mol. The van der Waals surface area contributed by atoms with E-state index in [1.165, 1.54) is 4.90 Å². The molecule has 0 saturated carbocycles. The van der Waals surface area contributed by atoms with E-state index in [4.69, 9.17) is 4.74 Å². The average Bonchev–Trinajstić information content (AvgIpc) is 2.84. The molecule has 1 saturated heterocycles. The highest BCUT2D eigenvalue weighted by Crippen LogP contribution is 2.36. The van der Waals surface area contributed by atoms with E-state index in [0.29, 0.717) is 29.4 Å². The monoisotopic (exact) mass is 507 g/mol. The fraction of sp³-hybridized carbons (Fsp3) is 0.357. The third-order valence-corrected chi connectivity index (χ3v) is 7.98. The molecule has 2 heterocycles. The van der Waals surface area contributed by atoms with Crippen molar-refractivity contribution in [2.75, 3.05) is 11.4 Å². The quantitative estimate of drug-likeness (QED) is 0.400. The summed E-state index contributed by atoms with van der Waals surface area (Å²) >= 11 is 0. The Balaban J connectivity index is 1.65. The Hall–Kier alpha value is -3.23. The maximum Gasteiger partial charge on any atom is 0.420 e. The van der Waals surface area contributed by atoms with Crippen LogP contribution in [0.25, 0.3) is 0 Å². The highest BCUT2D eigenvalue weighted by atomic mass is 32.2. The summed E-state index contributed by atoms with van der Waals surface area (Å²) in [6.45, 7) is 7.84. The second-order valence-corrected chi connectivity index (χ2v) is 11.9. The van der Waals surface area contributed by atoms with E-state index in [1.807, 2.05) is 76.2 Å². The summed E-state index contributed by atoms with van der Waals surface area (Å²) in [5.74, 6) is 0.406. The van der Waals surface area contributed by atoms with Crippen molar-refractivity contribution >= 4 is 27.6 Å². The van der Waals surface area contributed by atoms with E-state index in [9.17, 15) is 13.2 Å². The predicted molar refractivity (Wildman–Crippen MR) is 141 cm³/mol. The zero-order chi connectivity index (χ0) is 25.9. The van der Waals surface area contributed by atoms with E-state index >= 15 is 0 Å². The number of aryl methyl sites for hydroxylation is 1. The minimum Gasteiger partial charge on any atom is -0.443 e. The molecule has 3 aromatic rings. The molecule has 36 heavy (non-hydrogen) atoms. The first-order valence-corrected chi connectivity index (χ1v) is 13.6. The van der Waals surface area contributed by atoms with Gasteiger partial charge in [0.25, 0.3) is 0 Å². The minimum atomic E-state index is -3.66. The first-order valence-electron chi connectivity index (χ1n) is 12.2. The van der Waals surface area contributed by atoms with Crippen molar-refractivity contribution < 1.29 is 17.9 Å².